The Morgan fingerprint density at radius 1 is 1.20 bits per heavy atom. The van der Waals surface area contributed by atoms with Gasteiger partial charge in [0.15, 0.2) is 0 Å². The summed E-state index contributed by atoms with van der Waals surface area (Å²) in [6, 6.07) is 7.72. The molecule has 0 atom stereocenters. The SMILES string of the molecule is Cc1ccc(C#N)cc1-c1cncnc1. The van der Waals surface area contributed by atoms with Crippen molar-refractivity contribution < 1.29 is 0 Å². The summed E-state index contributed by atoms with van der Waals surface area (Å²) in [4.78, 5) is 7.93. The van der Waals surface area contributed by atoms with Crippen LogP contribution in [0.3, 0.4) is 0 Å². The van der Waals surface area contributed by atoms with Crippen LogP contribution in [0.1, 0.15) is 11.1 Å². The largest absolute Gasteiger partial charge is 0.244 e. The van der Waals surface area contributed by atoms with Crippen LogP contribution in [0.25, 0.3) is 11.1 Å². The van der Waals surface area contributed by atoms with E-state index in [1.807, 2.05) is 25.1 Å². The van der Waals surface area contributed by atoms with Crippen LogP contribution in [0.4, 0.5) is 0 Å². The van der Waals surface area contributed by atoms with Crippen molar-refractivity contribution in [1.29, 1.82) is 5.26 Å². The van der Waals surface area contributed by atoms with Crippen LogP contribution in [-0.4, -0.2) is 9.97 Å². The van der Waals surface area contributed by atoms with E-state index in [0.717, 1.165) is 16.7 Å². The molecule has 0 aliphatic rings. The Morgan fingerprint density at radius 3 is 2.60 bits per heavy atom. The van der Waals surface area contributed by atoms with E-state index in [1.165, 1.54) is 6.33 Å². The molecule has 0 spiro atoms. The summed E-state index contributed by atoms with van der Waals surface area (Å²) < 4.78 is 0. The second-order valence-corrected chi connectivity index (χ2v) is 3.27. The quantitative estimate of drug-likeness (QED) is 0.701. The molecule has 72 valence electrons. The zero-order valence-electron chi connectivity index (χ0n) is 8.31. The first-order valence-electron chi connectivity index (χ1n) is 4.57. The van der Waals surface area contributed by atoms with E-state index in [2.05, 4.69) is 16.0 Å². The van der Waals surface area contributed by atoms with Gasteiger partial charge < -0.3 is 0 Å². The molecule has 0 N–H and O–H groups in total. The van der Waals surface area contributed by atoms with Crippen molar-refractivity contribution in [2.75, 3.05) is 0 Å². The zero-order valence-corrected chi connectivity index (χ0v) is 8.31. The molecule has 3 nitrogen and oxygen atoms in total. The van der Waals surface area contributed by atoms with Crippen LogP contribution >= 0.6 is 0 Å². The number of rotatable bonds is 1. The third-order valence-electron chi connectivity index (χ3n) is 2.24. The second kappa shape index (κ2) is 3.89. The van der Waals surface area contributed by atoms with Crippen LogP contribution in [-0.2, 0) is 0 Å². The smallest absolute Gasteiger partial charge is 0.115 e. The highest BCUT2D eigenvalue weighted by atomic mass is 14.8. The highest BCUT2D eigenvalue weighted by Crippen LogP contribution is 2.22. The Morgan fingerprint density at radius 2 is 1.93 bits per heavy atom. The van der Waals surface area contributed by atoms with Gasteiger partial charge in [0.05, 0.1) is 11.6 Å². The van der Waals surface area contributed by atoms with E-state index in [1.54, 1.807) is 12.4 Å². The minimum absolute atomic E-state index is 0.652. The minimum atomic E-state index is 0.652. The first-order chi connectivity index (χ1) is 7.31. The van der Waals surface area contributed by atoms with Crippen LogP contribution in [0.5, 0.6) is 0 Å². The van der Waals surface area contributed by atoms with Gasteiger partial charge in [0.1, 0.15) is 6.33 Å². The molecule has 0 saturated heterocycles. The summed E-state index contributed by atoms with van der Waals surface area (Å²) >= 11 is 0. The number of nitrogens with zero attached hydrogens (tertiary/aromatic N) is 3. The van der Waals surface area contributed by atoms with Crippen molar-refractivity contribution in [1.82, 2.24) is 9.97 Å². The molecule has 15 heavy (non-hydrogen) atoms. The molecule has 0 amide bonds. The zero-order chi connectivity index (χ0) is 10.7. The molecule has 0 aliphatic heterocycles. The Balaban J connectivity index is 2.58. The van der Waals surface area contributed by atoms with Crippen molar-refractivity contribution in [2.45, 2.75) is 6.92 Å². The lowest BCUT2D eigenvalue weighted by Gasteiger charge is -2.04. The predicted molar refractivity (Wildman–Crippen MR) is 56.9 cm³/mol. The molecule has 1 aromatic carbocycles. The van der Waals surface area contributed by atoms with Gasteiger partial charge >= 0.3 is 0 Å². The van der Waals surface area contributed by atoms with Gasteiger partial charge in [-0.3, -0.25) is 0 Å². The summed E-state index contributed by atoms with van der Waals surface area (Å²) in [6.07, 6.45) is 4.99. The van der Waals surface area contributed by atoms with Gasteiger partial charge in [0.25, 0.3) is 0 Å². The van der Waals surface area contributed by atoms with Crippen molar-refractivity contribution in [3.63, 3.8) is 0 Å². The molecule has 0 fully saturated rings. The monoisotopic (exact) mass is 195 g/mol. The molecule has 0 radical (unpaired) electrons. The van der Waals surface area contributed by atoms with Gasteiger partial charge in [-0.1, -0.05) is 6.07 Å². The van der Waals surface area contributed by atoms with E-state index in [9.17, 15) is 0 Å². The van der Waals surface area contributed by atoms with Crippen LogP contribution in [0.2, 0.25) is 0 Å². The van der Waals surface area contributed by atoms with E-state index < -0.39 is 0 Å². The average molecular weight is 195 g/mol. The number of aryl methyl sites for hydroxylation is 1. The van der Waals surface area contributed by atoms with Gasteiger partial charge in [0, 0.05) is 18.0 Å². The van der Waals surface area contributed by atoms with E-state index in [0.29, 0.717) is 5.56 Å². The first kappa shape index (κ1) is 9.35. The van der Waals surface area contributed by atoms with E-state index in [4.69, 9.17) is 5.26 Å². The summed E-state index contributed by atoms with van der Waals surface area (Å²) in [5, 5.41) is 8.82. The number of hydrogen-bond acceptors (Lipinski definition) is 3. The summed E-state index contributed by atoms with van der Waals surface area (Å²) in [5.74, 6) is 0. The Hall–Kier alpha value is -2.21. The third-order valence-corrected chi connectivity index (χ3v) is 2.24. The predicted octanol–water partition coefficient (Wildman–Crippen LogP) is 2.32. The van der Waals surface area contributed by atoms with E-state index >= 15 is 0 Å². The fourth-order valence-corrected chi connectivity index (χ4v) is 1.44. The molecule has 3 heteroatoms. The molecular formula is C12H9N3. The third kappa shape index (κ3) is 1.84. The first-order valence-corrected chi connectivity index (χ1v) is 4.57. The van der Waals surface area contributed by atoms with Crippen LogP contribution in [0, 0.1) is 18.3 Å². The molecule has 2 rings (SSSR count). The maximum absolute atomic E-state index is 8.82. The molecule has 0 saturated carbocycles. The highest BCUT2D eigenvalue weighted by molar-refractivity contribution is 5.67. The molecule has 0 bridgehead atoms. The van der Waals surface area contributed by atoms with Gasteiger partial charge in [0.2, 0.25) is 0 Å². The second-order valence-electron chi connectivity index (χ2n) is 3.27. The van der Waals surface area contributed by atoms with Crippen LogP contribution in [0.15, 0.2) is 36.9 Å². The Labute approximate surface area is 88.1 Å². The highest BCUT2D eigenvalue weighted by Gasteiger charge is 2.03. The summed E-state index contributed by atoms with van der Waals surface area (Å²) in [6.45, 7) is 2.00. The number of aromatic nitrogens is 2. The van der Waals surface area contributed by atoms with Crippen LogP contribution < -0.4 is 0 Å². The maximum atomic E-state index is 8.82. The molecule has 2 aromatic rings. The topological polar surface area (TPSA) is 49.6 Å². The summed E-state index contributed by atoms with van der Waals surface area (Å²) in [5.41, 5.74) is 3.71. The molecule has 0 unspecified atom stereocenters. The van der Waals surface area contributed by atoms with Crippen molar-refractivity contribution in [2.24, 2.45) is 0 Å². The fourth-order valence-electron chi connectivity index (χ4n) is 1.44. The standard InChI is InChI=1S/C12H9N3/c1-9-2-3-10(5-13)4-12(9)11-6-14-8-15-7-11/h2-4,6-8H,1H3. The van der Waals surface area contributed by atoms with Gasteiger partial charge in [-0.05, 0) is 30.2 Å². The van der Waals surface area contributed by atoms with Gasteiger partial charge in [-0.2, -0.15) is 5.26 Å². The number of nitriles is 1. The number of benzene rings is 1. The Bertz CT molecular complexity index is 512. The lowest BCUT2D eigenvalue weighted by molar-refractivity contribution is 1.17. The number of hydrogen-bond donors (Lipinski definition) is 0. The van der Waals surface area contributed by atoms with Gasteiger partial charge in [-0.25, -0.2) is 9.97 Å². The molecule has 1 aromatic heterocycles. The molecule has 1 heterocycles. The molecular weight excluding hydrogens is 186 g/mol. The lowest BCUT2D eigenvalue weighted by Crippen LogP contribution is -1.87. The fraction of sp³-hybridized carbons (Fsp3) is 0.0833. The van der Waals surface area contributed by atoms with Gasteiger partial charge in [-0.15, -0.1) is 0 Å². The Kier molecular flexibility index (Phi) is 2.42. The molecule has 0 aliphatic carbocycles. The van der Waals surface area contributed by atoms with Crippen molar-refractivity contribution in [3.8, 4) is 17.2 Å². The maximum Gasteiger partial charge on any atom is 0.115 e. The summed E-state index contributed by atoms with van der Waals surface area (Å²) in [7, 11) is 0. The lowest BCUT2D eigenvalue weighted by atomic mass is 10.0. The van der Waals surface area contributed by atoms with E-state index in [-0.39, 0.29) is 0 Å². The normalized spacial score (nSPS) is 9.60. The van der Waals surface area contributed by atoms with Crippen molar-refractivity contribution in [3.05, 3.63) is 48.0 Å². The average Bonchev–Trinajstić information content (AvgIpc) is 2.31. The van der Waals surface area contributed by atoms with Crippen molar-refractivity contribution >= 4 is 0 Å². The minimum Gasteiger partial charge on any atom is -0.244 e.